The summed E-state index contributed by atoms with van der Waals surface area (Å²) in [7, 11) is 3.15. The monoisotopic (exact) mass is 633 g/mol. The standard InChI is InChI=1S/C25H21Br2N3O5S/c1-4-30-23(14-9-17(33-2)12-18(10-14)34-3)28-29-25(30)36-22(24(31)32)13-16-6-8-21(35-16)19-11-15(26)5-7-20(19)27/h5-13H,4H2,1-3H3,(H,31,32)/b22-13+. The molecule has 2 heterocycles. The van der Waals surface area contributed by atoms with Gasteiger partial charge < -0.3 is 23.6 Å². The van der Waals surface area contributed by atoms with Crippen molar-refractivity contribution in [2.75, 3.05) is 14.2 Å². The normalized spacial score (nSPS) is 11.5. The van der Waals surface area contributed by atoms with Gasteiger partial charge in [0.25, 0.3) is 0 Å². The van der Waals surface area contributed by atoms with E-state index in [9.17, 15) is 9.90 Å². The van der Waals surface area contributed by atoms with Crippen LogP contribution in [-0.4, -0.2) is 40.1 Å². The number of nitrogens with zero attached hydrogens (tertiary/aromatic N) is 3. The fraction of sp³-hybridized carbons (Fsp3) is 0.160. The number of rotatable bonds is 9. The number of thioether (sulfide) groups is 1. The van der Waals surface area contributed by atoms with Gasteiger partial charge >= 0.3 is 5.97 Å². The number of aromatic nitrogens is 3. The number of carboxylic acids is 1. The van der Waals surface area contributed by atoms with E-state index in [4.69, 9.17) is 13.9 Å². The van der Waals surface area contributed by atoms with Crippen molar-refractivity contribution in [1.29, 1.82) is 0 Å². The van der Waals surface area contributed by atoms with Gasteiger partial charge in [0.2, 0.25) is 0 Å². The molecule has 1 N–H and O–H groups in total. The first-order valence-electron chi connectivity index (χ1n) is 10.7. The predicted molar refractivity (Wildman–Crippen MR) is 145 cm³/mol. The van der Waals surface area contributed by atoms with Gasteiger partial charge in [0.1, 0.15) is 27.9 Å². The molecule has 0 atom stereocenters. The Morgan fingerprint density at radius 2 is 1.81 bits per heavy atom. The van der Waals surface area contributed by atoms with Crippen molar-refractivity contribution in [2.24, 2.45) is 0 Å². The van der Waals surface area contributed by atoms with Crippen LogP contribution < -0.4 is 9.47 Å². The summed E-state index contributed by atoms with van der Waals surface area (Å²) in [5.41, 5.74) is 1.58. The lowest BCUT2D eigenvalue weighted by molar-refractivity contribution is -0.131. The highest BCUT2D eigenvalue weighted by Gasteiger charge is 2.20. The molecular weight excluding hydrogens is 614 g/mol. The largest absolute Gasteiger partial charge is 0.497 e. The van der Waals surface area contributed by atoms with Crippen LogP contribution in [0.4, 0.5) is 0 Å². The first-order valence-corrected chi connectivity index (χ1v) is 13.1. The van der Waals surface area contributed by atoms with Crippen LogP contribution >= 0.6 is 43.6 Å². The Morgan fingerprint density at radius 1 is 1.08 bits per heavy atom. The number of hydrogen-bond acceptors (Lipinski definition) is 7. The smallest absolute Gasteiger partial charge is 0.342 e. The number of halogens is 2. The van der Waals surface area contributed by atoms with Crippen molar-refractivity contribution in [2.45, 2.75) is 18.6 Å². The highest BCUT2D eigenvalue weighted by atomic mass is 79.9. The molecule has 11 heteroatoms. The highest BCUT2D eigenvalue weighted by Crippen LogP contribution is 2.35. The Balaban J connectivity index is 1.66. The molecular formula is C25H21Br2N3O5S. The third-order valence-corrected chi connectivity index (χ3v) is 7.33. The van der Waals surface area contributed by atoms with E-state index in [1.165, 1.54) is 6.08 Å². The second-order valence-corrected chi connectivity index (χ2v) is 10.2. The molecule has 4 rings (SSSR count). The van der Waals surface area contributed by atoms with Crippen LogP contribution in [0.3, 0.4) is 0 Å². The first kappa shape index (κ1) is 26.1. The van der Waals surface area contributed by atoms with Crippen LogP contribution in [0.2, 0.25) is 0 Å². The van der Waals surface area contributed by atoms with Gasteiger partial charge in [-0.1, -0.05) is 31.9 Å². The third-order valence-electron chi connectivity index (χ3n) is 5.15. The number of hydrogen-bond donors (Lipinski definition) is 1. The average Bonchev–Trinajstić information content (AvgIpc) is 3.51. The number of furan rings is 1. The highest BCUT2D eigenvalue weighted by molar-refractivity contribution is 9.11. The predicted octanol–water partition coefficient (Wildman–Crippen LogP) is 6.99. The summed E-state index contributed by atoms with van der Waals surface area (Å²) in [5, 5.41) is 18.9. The molecule has 0 aliphatic heterocycles. The maximum Gasteiger partial charge on any atom is 0.342 e. The maximum atomic E-state index is 12.1. The van der Waals surface area contributed by atoms with Crippen LogP contribution in [0.25, 0.3) is 28.8 Å². The van der Waals surface area contributed by atoms with Crippen molar-refractivity contribution in [3.63, 3.8) is 0 Å². The second-order valence-electron chi connectivity index (χ2n) is 7.39. The number of benzene rings is 2. The number of methoxy groups -OCH3 is 2. The van der Waals surface area contributed by atoms with Crippen LogP contribution in [0.1, 0.15) is 12.7 Å². The summed E-state index contributed by atoms with van der Waals surface area (Å²) in [6.07, 6.45) is 1.48. The van der Waals surface area contributed by atoms with Gasteiger partial charge in [0, 0.05) is 38.8 Å². The molecule has 0 amide bonds. The topological polar surface area (TPSA) is 99.6 Å². The van der Waals surface area contributed by atoms with E-state index in [0.29, 0.717) is 40.5 Å². The van der Waals surface area contributed by atoms with Crippen LogP contribution in [0, 0.1) is 0 Å². The van der Waals surface area contributed by atoms with Gasteiger partial charge in [-0.25, -0.2) is 4.79 Å². The zero-order valence-corrected chi connectivity index (χ0v) is 23.5. The molecule has 0 radical (unpaired) electrons. The van der Waals surface area contributed by atoms with Gasteiger partial charge in [0.05, 0.1) is 14.2 Å². The minimum Gasteiger partial charge on any atom is -0.497 e. The Morgan fingerprint density at radius 3 is 2.44 bits per heavy atom. The van der Waals surface area contributed by atoms with Crippen LogP contribution in [0.5, 0.6) is 11.5 Å². The SMILES string of the molecule is CCn1c(S/C(=C/c2ccc(-c3cc(Br)ccc3Br)o2)C(=O)O)nnc1-c1cc(OC)cc(OC)c1. The zero-order chi connectivity index (χ0) is 25.8. The zero-order valence-electron chi connectivity index (χ0n) is 19.5. The van der Waals surface area contributed by atoms with Crippen molar-refractivity contribution in [3.05, 3.63) is 68.1 Å². The summed E-state index contributed by atoms with van der Waals surface area (Å²) in [6.45, 7) is 2.46. The number of carbonyl (C=O) groups is 1. The molecule has 0 aliphatic carbocycles. The van der Waals surface area contributed by atoms with Gasteiger partial charge in [-0.2, -0.15) is 0 Å². The molecule has 0 fully saturated rings. The molecule has 186 valence electrons. The molecule has 0 bridgehead atoms. The van der Waals surface area contributed by atoms with Crippen LogP contribution in [-0.2, 0) is 11.3 Å². The second kappa shape index (κ2) is 11.4. The molecule has 0 spiro atoms. The molecule has 8 nitrogen and oxygen atoms in total. The van der Waals surface area contributed by atoms with Crippen molar-refractivity contribution >= 4 is 55.7 Å². The summed E-state index contributed by atoms with van der Waals surface area (Å²) in [4.78, 5) is 12.1. The molecule has 36 heavy (non-hydrogen) atoms. The first-order chi connectivity index (χ1) is 17.3. The minimum absolute atomic E-state index is 0.0427. The lowest BCUT2D eigenvalue weighted by atomic mass is 10.2. The average molecular weight is 635 g/mol. The summed E-state index contributed by atoms with van der Waals surface area (Å²) < 4.78 is 20.3. The van der Waals surface area contributed by atoms with Gasteiger partial charge in [0.15, 0.2) is 11.0 Å². The molecule has 2 aromatic heterocycles. The van der Waals surface area contributed by atoms with E-state index in [0.717, 1.165) is 31.8 Å². The van der Waals surface area contributed by atoms with E-state index < -0.39 is 5.97 Å². The Kier molecular flexibility index (Phi) is 8.22. The van der Waals surface area contributed by atoms with Crippen molar-refractivity contribution < 1.29 is 23.8 Å². The molecule has 0 saturated heterocycles. The maximum absolute atomic E-state index is 12.1. The fourth-order valence-electron chi connectivity index (χ4n) is 3.42. The molecule has 0 saturated carbocycles. The number of carboxylic acid groups (broad SMARTS) is 1. The Labute approximate surface area is 228 Å². The molecule has 2 aromatic carbocycles. The van der Waals surface area contributed by atoms with Crippen LogP contribution in [0.15, 0.2) is 72.0 Å². The van der Waals surface area contributed by atoms with Gasteiger partial charge in [-0.3, -0.25) is 0 Å². The quantitative estimate of drug-likeness (QED) is 0.155. The van der Waals surface area contributed by atoms with E-state index in [2.05, 4.69) is 42.1 Å². The molecule has 0 unspecified atom stereocenters. The fourth-order valence-corrected chi connectivity index (χ4v) is 5.09. The molecule has 4 aromatic rings. The summed E-state index contributed by atoms with van der Waals surface area (Å²) >= 11 is 7.98. The van der Waals surface area contributed by atoms with Crippen molar-refractivity contribution in [1.82, 2.24) is 14.8 Å². The van der Waals surface area contributed by atoms with Gasteiger partial charge in [-0.15, -0.1) is 10.2 Å². The Hall–Kier alpha value is -3.02. The van der Waals surface area contributed by atoms with E-state index in [1.54, 1.807) is 32.4 Å². The summed E-state index contributed by atoms with van der Waals surface area (Å²) in [6, 6.07) is 14.7. The molecule has 0 aliphatic rings. The number of aliphatic carboxylic acids is 1. The van der Waals surface area contributed by atoms with Gasteiger partial charge in [-0.05, 0) is 61.2 Å². The lowest BCUT2D eigenvalue weighted by Crippen LogP contribution is -2.03. The van der Waals surface area contributed by atoms with E-state index in [1.807, 2.05) is 41.8 Å². The van der Waals surface area contributed by atoms with E-state index in [-0.39, 0.29) is 4.91 Å². The lowest BCUT2D eigenvalue weighted by Gasteiger charge is -2.10. The van der Waals surface area contributed by atoms with Crippen molar-refractivity contribution in [3.8, 4) is 34.2 Å². The minimum atomic E-state index is -1.10. The summed E-state index contributed by atoms with van der Waals surface area (Å²) in [5.74, 6) is 1.71. The number of ether oxygens (including phenoxy) is 2. The van der Waals surface area contributed by atoms with E-state index >= 15 is 0 Å². The Bertz CT molecular complexity index is 1430. The third kappa shape index (κ3) is 5.69.